The molecule has 0 bridgehead atoms. The molecule has 1 saturated heterocycles. The molecule has 4 nitrogen and oxygen atoms in total. The second kappa shape index (κ2) is 6.67. The van der Waals surface area contributed by atoms with Crippen molar-refractivity contribution in [2.24, 2.45) is 11.3 Å². The number of rotatable bonds is 3. The average Bonchev–Trinajstić information content (AvgIpc) is 3.15. The number of carbonyl (C=O) groups is 1. The zero-order valence-corrected chi connectivity index (χ0v) is 16.5. The first kappa shape index (κ1) is 20.1. The Bertz CT molecular complexity index is 1040. The van der Waals surface area contributed by atoms with E-state index in [9.17, 15) is 26.4 Å². The van der Waals surface area contributed by atoms with Crippen LogP contribution in [0.25, 0.3) is 0 Å². The minimum Gasteiger partial charge on any atom is -0.300 e. The summed E-state index contributed by atoms with van der Waals surface area (Å²) in [6, 6.07) is 12.4. The third-order valence-electron chi connectivity index (χ3n) is 6.14. The zero-order chi connectivity index (χ0) is 21.0. The van der Waals surface area contributed by atoms with Crippen LogP contribution in [0.5, 0.6) is 0 Å². The van der Waals surface area contributed by atoms with E-state index in [0.29, 0.717) is 0 Å². The first-order valence-electron chi connectivity index (χ1n) is 9.29. The molecule has 2 aliphatic rings. The first-order chi connectivity index (χ1) is 13.6. The van der Waals surface area contributed by atoms with Gasteiger partial charge in [0.2, 0.25) is 10.0 Å². The number of carbonyl (C=O) groups excluding carboxylic acids is 1. The lowest BCUT2D eigenvalue weighted by atomic mass is 9.72. The summed E-state index contributed by atoms with van der Waals surface area (Å²) in [7, 11) is -4.19. The number of fused-ring (bicyclic) bond motifs is 1. The highest BCUT2D eigenvalue weighted by Gasteiger charge is 2.73. The molecular formula is C21H20F3NO3S. The lowest BCUT2D eigenvalue weighted by Gasteiger charge is -2.38. The zero-order valence-electron chi connectivity index (χ0n) is 15.7. The van der Waals surface area contributed by atoms with E-state index in [-0.39, 0.29) is 23.4 Å². The van der Waals surface area contributed by atoms with Crippen molar-refractivity contribution in [2.75, 3.05) is 6.54 Å². The summed E-state index contributed by atoms with van der Waals surface area (Å²) in [5, 5.41) is 0. The highest BCUT2D eigenvalue weighted by atomic mass is 32.2. The van der Waals surface area contributed by atoms with Crippen molar-refractivity contribution in [3.63, 3.8) is 0 Å². The summed E-state index contributed by atoms with van der Waals surface area (Å²) in [6.07, 6.45) is -5.68. The van der Waals surface area contributed by atoms with Gasteiger partial charge in [-0.2, -0.15) is 17.5 Å². The topological polar surface area (TPSA) is 54.5 Å². The van der Waals surface area contributed by atoms with Gasteiger partial charge in [0.25, 0.3) is 0 Å². The van der Waals surface area contributed by atoms with Gasteiger partial charge in [-0.25, -0.2) is 8.42 Å². The molecule has 1 saturated carbocycles. The maximum Gasteiger partial charge on any atom is 0.397 e. The Balaban J connectivity index is 1.91. The Morgan fingerprint density at radius 1 is 1.03 bits per heavy atom. The highest BCUT2D eigenvalue weighted by Crippen LogP contribution is 2.66. The van der Waals surface area contributed by atoms with E-state index < -0.39 is 45.8 Å². The molecule has 8 heteroatoms. The Kier molecular flexibility index (Phi) is 4.62. The summed E-state index contributed by atoms with van der Waals surface area (Å²) in [5.74, 6) is -1.57. The average molecular weight is 423 g/mol. The molecule has 0 N–H and O–H groups in total. The van der Waals surface area contributed by atoms with Crippen LogP contribution in [0, 0.1) is 18.3 Å². The summed E-state index contributed by atoms with van der Waals surface area (Å²) in [4.78, 5) is 12.0. The molecular weight excluding hydrogens is 403 g/mol. The van der Waals surface area contributed by atoms with Crippen LogP contribution in [-0.4, -0.2) is 31.2 Å². The van der Waals surface area contributed by atoms with Crippen LogP contribution in [0.3, 0.4) is 0 Å². The number of benzene rings is 2. The fourth-order valence-electron chi connectivity index (χ4n) is 4.79. The summed E-state index contributed by atoms with van der Waals surface area (Å²) in [6.45, 7) is 1.47. The molecule has 1 aliphatic heterocycles. The van der Waals surface area contributed by atoms with Crippen LogP contribution < -0.4 is 0 Å². The number of halogens is 3. The van der Waals surface area contributed by atoms with Crippen LogP contribution in [0.1, 0.15) is 30.0 Å². The van der Waals surface area contributed by atoms with Gasteiger partial charge in [-0.3, -0.25) is 4.79 Å². The maximum absolute atomic E-state index is 14.5. The van der Waals surface area contributed by atoms with Crippen molar-refractivity contribution in [3.05, 3.63) is 65.7 Å². The second-order valence-corrected chi connectivity index (χ2v) is 9.75. The molecule has 1 unspecified atom stereocenters. The molecule has 0 aromatic heterocycles. The fourth-order valence-corrected chi connectivity index (χ4v) is 6.51. The Morgan fingerprint density at radius 2 is 1.66 bits per heavy atom. The molecule has 1 aliphatic carbocycles. The number of ketones is 1. The van der Waals surface area contributed by atoms with E-state index in [0.717, 1.165) is 9.87 Å². The van der Waals surface area contributed by atoms with Crippen molar-refractivity contribution in [3.8, 4) is 0 Å². The van der Waals surface area contributed by atoms with E-state index in [1.54, 1.807) is 37.3 Å². The van der Waals surface area contributed by atoms with E-state index in [4.69, 9.17) is 0 Å². The molecule has 154 valence electrons. The largest absolute Gasteiger partial charge is 0.397 e. The molecule has 2 aromatic carbocycles. The number of Topliss-reactive ketones (excluding diaryl/α,β-unsaturated/α-hetero) is 1. The monoisotopic (exact) mass is 423 g/mol. The fraction of sp³-hybridized carbons (Fsp3) is 0.381. The SMILES string of the molecule is Cc1ccc(S(=O)(=O)N2CC3CC(=O)C[C@]3(C(F)(F)F)[C@@H]2c2ccccc2)cc1. The number of hydrogen-bond acceptors (Lipinski definition) is 3. The van der Waals surface area contributed by atoms with E-state index in [2.05, 4.69) is 0 Å². The van der Waals surface area contributed by atoms with Crippen LogP contribution in [0.4, 0.5) is 13.2 Å². The third kappa shape index (κ3) is 3.00. The van der Waals surface area contributed by atoms with Gasteiger partial charge in [-0.1, -0.05) is 48.0 Å². The number of sulfonamides is 1. The van der Waals surface area contributed by atoms with Crippen LogP contribution in [0.2, 0.25) is 0 Å². The van der Waals surface area contributed by atoms with E-state index in [1.165, 1.54) is 24.3 Å². The quantitative estimate of drug-likeness (QED) is 0.741. The Morgan fingerprint density at radius 3 is 2.24 bits per heavy atom. The van der Waals surface area contributed by atoms with E-state index >= 15 is 0 Å². The third-order valence-corrected chi connectivity index (χ3v) is 7.98. The van der Waals surface area contributed by atoms with Gasteiger partial charge in [0.15, 0.2) is 0 Å². The van der Waals surface area contributed by atoms with Gasteiger partial charge in [0, 0.05) is 19.4 Å². The van der Waals surface area contributed by atoms with Crippen LogP contribution >= 0.6 is 0 Å². The van der Waals surface area contributed by atoms with Crippen molar-refractivity contribution in [1.29, 1.82) is 0 Å². The standard InChI is InChI=1S/C21H20F3NO3S/c1-14-7-9-18(10-8-14)29(27,28)25-13-16-11-17(26)12-20(16,21(22,23)24)19(25)15-5-3-2-4-6-15/h2-10,16,19H,11-13H2,1H3/t16?,19-,20+/m0/s1. The van der Waals surface area contributed by atoms with Crippen LogP contribution in [-0.2, 0) is 14.8 Å². The molecule has 0 radical (unpaired) electrons. The highest BCUT2D eigenvalue weighted by molar-refractivity contribution is 7.89. The van der Waals surface area contributed by atoms with Crippen LogP contribution in [0.15, 0.2) is 59.5 Å². The lowest BCUT2D eigenvalue weighted by molar-refractivity contribution is -0.238. The van der Waals surface area contributed by atoms with Gasteiger partial charge < -0.3 is 0 Å². The van der Waals surface area contributed by atoms with Crippen molar-refractivity contribution in [2.45, 2.75) is 36.9 Å². The molecule has 2 fully saturated rings. The molecule has 3 atom stereocenters. The van der Waals surface area contributed by atoms with Crippen molar-refractivity contribution >= 4 is 15.8 Å². The summed E-state index contributed by atoms with van der Waals surface area (Å²) < 4.78 is 71.1. The minimum atomic E-state index is -4.72. The van der Waals surface area contributed by atoms with Crippen molar-refractivity contribution in [1.82, 2.24) is 4.31 Å². The van der Waals surface area contributed by atoms with Gasteiger partial charge in [0.1, 0.15) is 5.78 Å². The maximum atomic E-state index is 14.5. The smallest absolute Gasteiger partial charge is 0.300 e. The summed E-state index contributed by atoms with van der Waals surface area (Å²) >= 11 is 0. The summed E-state index contributed by atoms with van der Waals surface area (Å²) in [5.41, 5.74) is -1.32. The first-order valence-corrected chi connectivity index (χ1v) is 10.7. The predicted molar refractivity (Wildman–Crippen MR) is 100 cm³/mol. The molecule has 29 heavy (non-hydrogen) atoms. The number of nitrogens with zero attached hydrogens (tertiary/aromatic N) is 1. The molecule has 2 aromatic rings. The van der Waals surface area contributed by atoms with Crippen molar-refractivity contribution < 1.29 is 26.4 Å². The number of hydrogen-bond donors (Lipinski definition) is 0. The number of aryl methyl sites for hydroxylation is 1. The molecule has 1 heterocycles. The lowest BCUT2D eigenvalue weighted by Crippen LogP contribution is -2.45. The van der Waals surface area contributed by atoms with Gasteiger partial charge in [-0.05, 0) is 30.5 Å². The Labute approximate surface area is 167 Å². The van der Waals surface area contributed by atoms with Gasteiger partial charge in [-0.15, -0.1) is 0 Å². The molecule has 0 amide bonds. The second-order valence-electron chi connectivity index (χ2n) is 7.86. The van der Waals surface area contributed by atoms with E-state index in [1.807, 2.05) is 0 Å². The normalized spacial score (nSPS) is 27.9. The minimum absolute atomic E-state index is 0.0485. The van der Waals surface area contributed by atoms with Gasteiger partial charge in [0.05, 0.1) is 16.4 Å². The Hall–Kier alpha value is -2.19. The number of alkyl halides is 3. The predicted octanol–water partition coefficient (Wildman–Crippen LogP) is 4.27. The molecule has 4 rings (SSSR count). The van der Waals surface area contributed by atoms with Gasteiger partial charge >= 0.3 is 6.18 Å². The molecule has 0 spiro atoms.